The molecule has 0 bridgehead atoms. The first-order chi connectivity index (χ1) is 16.4. The summed E-state index contributed by atoms with van der Waals surface area (Å²) in [4.78, 5) is 26.9. The van der Waals surface area contributed by atoms with Crippen molar-refractivity contribution in [3.63, 3.8) is 0 Å². The molecule has 0 radical (unpaired) electrons. The summed E-state index contributed by atoms with van der Waals surface area (Å²) < 4.78 is 0. The second-order valence-corrected chi connectivity index (χ2v) is 10.1. The molecule has 2 aliphatic rings. The van der Waals surface area contributed by atoms with Crippen molar-refractivity contribution < 1.29 is 14.7 Å². The highest BCUT2D eigenvalue weighted by Crippen LogP contribution is 2.44. The minimum atomic E-state index is -0.982. The number of carboxylic acid groups (broad SMARTS) is 1. The van der Waals surface area contributed by atoms with Gasteiger partial charge in [0.05, 0.1) is 0 Å². The molecule has 1 heterocycles. The monoisotopic (exact) mass is 460 g/mol. The Morgan fingerprint density at radius 2 is 1.76 bits per heavy atom. The maximum absolute atomic E-state index is 13.6. The molecule has 180 valence electrons. The maximum Gasteiger partial charge on any atom is 0.328 e. The molecule has 0 spiro atoms. The van der Waals surface area contributed by atoms with E-state index in [1.54, 1.807) is 6.08 Å². The van der Waals surface area contributed by atoms with Crippen LogP contribution in [0.1, 0.15) is 62.5 Å². The largest absolute Gasteiger partial charge is 0.478 e. The van der Waals surface area contributed by atoms with E-state index >= 15 is 0 Å². The molecule has 0 unspecified atom stereocenters. The lowest BCUT2D eigenvalue weighted by molar-refractivity contribution is -0.131. The Labute approximate surface area is 202 Å². The summed E-state index contributed by atoms with van der Waals surface area (Å²) in [6.45, 7) is 4.21. The Balaban J connectivity index is 1.41. The van der Waals surface area contributed by atoms with Gasteiger partial charge in [0, 0.05) is 36.0 Å². The molecule has 2 aromatic rings. The SMILES string of the molecule is Cc1ccc(N2CCC(CC3(C(=O)Nc4cccc(/C=C/C(=O)O)c4)CCCCC3)CC2)cc1. The van der Waals surface area contributed by atoms with Crippen molar-refractivity contribution in [2.75, 3.05) is 23.3 Å². The molecule has 1 saturated carbocycles. The number of carbonyl (C=O) groups excluding carboxylic acids is 1. The molecule has 0 aromatic heterocycles. The normalized spacial score (nSPS) is 18.7. The van der Waals surface area contributed by atoms with Crippen LogP contribution in [-0.4, -0.2) is 30.1 Å². The van der Waals surface area contributed by atoms with Gasteiger partial charge in [-0.1, -0.05) is 49.1 Å². The van der Waals surface area contributed by atoms with Gasteiger partial charge in [0.2, 0.25) is 5.91 Å². The molecule has 5 nitrogen and oxygen atoms in total. The standard InChI is InChI=1S/C29H36N2O3/c1-22-8-11-26(12-9-22)31-18-14-24(15-19-31)21-29(16-3-2-4-17-29)28(34)30-25-7-5-6-23(20-25)10-13-27(32)33/h5-13,20,24H,2-4,14-19,21H2,1H3,(H,30,34)(H,32,33)/b13-10+. The zero-order valence-corrected chi connectivity index (χ0v) is 20.1. The second kappa shape index (κ2) is 10.9. The van der Waals surface area contributed by atoms with E-state index in [2.05, 4.69) is 41.4 Å². The number of anilines is 2. The first kappa shape index (κ1) is 24.1. The van der Waals surface area contributed by atoms with Crippen LogP contribution < -0.4 is 10.2 Å². The van der Waals surface area contributed by atoms with Gasteiger partial charge in [-0.25, -0.2) is 4.79 Å². The molecular weight excluding hydrogens is 424 g/mol. The number of nitrogens with zero attached hydrogens (tertiary/aromatic N) is 1. The van der Waals surface area contributed by atoms with Crippen molar-refractivity contribution in [3.8, 4) is 0 Å². The maximum atomic E-state index is 13.6. The Bertz CT molecular complexity index is 1010. The molecule has 2 N–H and O–H groups in total. The van der Waals surface area contributed by atoms with Crippen molar-refractivity contribution >= 4 is 29.3 Å². The lowest BCUT2D eigenvalue weighted by Gasteiger charge is -2.41. The zero-order chi connectivity index (χ0) is 24.0. The van der Waals surface area contributed by atoms with Gasteiger partial charge >= 0.3 is 5.97 Å². The highest BCUT2D eigenvalue weighted by atomic mass is 16.4. The quantitative estimate of drug-likeness (QED) is 0.477. The number of carbonyl (C=O) groups is 2. The van der Waals surface area contributed by atoms with Crippen molar-refractivity contribution in [1.29, 1.82) is 0 Å². The topological polar surface area (TPSA) is 69.6 Å². The Morgan fingerprint density at radius 1 is 1.06 bits per heavy atom. The molecule has 2 aromatic carbocycles. The van der Waals surface area contributed by atoms with Crippen LogP contribution in [0.15, 0.2) is 54.6 Å². The van der Waals surface area contributed by atoms with Crippen molar-refractivity contribution in [2.45, 2.75) is 58.3 Å². The van der Waals surface area contributed by atoms with E-state index < -0.39 is 5.97 Å². The third-order valence-electron chi connectivity index (χ3n) is 7.55. The summed E-state index contributed by atoms with van der Waals surface area (Å²) in [6, 6.07) is 16.2. The van der Waals surface area contributed by atoms with Crippen LogP contribution in [0.2, 0.25) is 0 Å². The number of aryl methyl sites for hydroxylation is 1. The van der Waals surface area contributed by atoms with E-state index in [4.69, 9.17) is 5.11 Å². The minimum absolute atomic E-state index is 0.132. The summed E-state index contributed by atoms with van der Waals surface area (Å²) in [5.41, 5.74) is 3.78. The van der Waals surface area contributed by atoms with E-state index in [-0.39, 0.29) is 11.3 Å². The Morgan fingerprint density at radius 3 is 2.44 bits per heavy atom. The first-order valence-electron chi connectivity index (χ1n) is 12.6. The highest BCUT2D eigenvalue weighted by Gasteiger charge is 2.41. The molecule has 0 atom stereocenters. The number of piperidine rings is 1. The van der Waals surface area contributed by atoms with Crippen LogP contribution >= 0.6 is 0 Å². The van der Waals surface area contributed by atoms with Gasteiger partial charge in [0.15, 0.2) is 0 Å². The third kappa shape index (κ3) is 6.07. The lowest BCUT2D eigenvalue weighted by Crippen LogP contribution is -2.42. The molecule has 1 saturated heterocycles. The summed E-state index contributed by atoms with van der Waals surface area (Å²) in [5, 5.41) is 12.1. The summed E-state index contributed by atoms with van der Waals surface area (Å²) in [6.07, 6.45) is 11.2. The fourth-order valence-electron chi connectivity index (χ4n) is 5.61. The number of hydrogen-bond acceptors (Lipinski definition) is 3. The predicted molar refractivity (Wildman–Crippen MR) is 138 cm³/mol. The van der Waals surface area contributed by atoms with Gasteiger partial charge in [0.25, 0.3) is 0 Å². The van der Waals surface area contributed by atoms with E-state index in [0.29, 0.717) is 5.92 Å². The van der Waals surface area contributed by atoms with Crippen LogP contribution in [0.3, 0.4) is 0 Å². The van der Waals surface area contributed by atoms with Gasteiger partial charge in [-0.2, -0.15) is 0 Å². The van der Waals surface area contributed by atoms with Crippen molar-refractivity contribution in [3.05, 3.63) is 65.7 Å². The summed E-state index contributed by atoms with van der Waals surface area (Å²) >= 11 is 0. The number of nitrogens with one attached hydrogen (secondary N) is 1. The van der Waals surface area contributed by atoms with Crippen LogP contribution in [0.25, 0.3) is 6.08 Å². The molecule has 2 fully saturated rings. The minimum Gasteiger partial charge on any atom is -0.478 e. The average molecular weight is 461 g/mol. The van der Waals surface area contributed by atoms with Crippen LogP contribution in [0.5, 0.6) is 0 Å². The number of rotatable bonds is 7. The van der Waals surface area contributed by atoms with Crippen molar-refractivity contribution in [2.24, 2.45) is 11.3 Å². The average Bonchev–Trinajstić information content (AvgIpc) is 2.85. The summed E-state index contributed by atoms with van der Waals surface area (Å²) in [7, 11) is 0. The molecule has 34 heavy (non-hydrogen) atoms. The summed E-state index contributed by atoms with van der Waals surface area (Å²) in [5.74, 6) is -0.285. The van der Waals surface area contributed by atoms with Crippen molar-refractivity contribution in [1.82, 2.24) is 0 Å². The first-order valence-corrected chi connectivity index (χ1v) is 12.6. The molecule has 1 aliphatic heterocycles. The smallest absolute Gasteiger partial charge is 0.328 e. The fraction of sp³-hybridized carbons (Fsp3) is 0.448. The lowest BCUT2D eigenvalue weighted by atomic mass is 9.67. The van der Waals surface area contributed by atoms with Gasteiger partial charge in [-0.15, -0.1) is 0 Å². The molecule has 5 heteroatoms. The van der Waals surface area contributed by atoms with Gasteiger partial charge in [0.1, 0.15) is 0 Å². The van der Waals surface area contributed by atoms with Crippen LogP contribution in [0.4, 0.5) is 11.4 Å². The fourth-order valence-corrected chi connectivity index (χ4v) is 5.61. The van der Waals surface area contributed by atoms with Gasteiger partial charge < -0.3 is 15.3 Å². The molecular formula is C29H36N2O3. The highest BCUT2D eigenvalue weighted by molar-refractivity contribution is 5.95. The predicted octanol–water partition coefficient (Wildman–Crippen LogP) is 6.29. The Kier molecular flexibility index (Phi) is 7.71. The zero-order valence-electron chi connectivity index (χ0n) is 20.1. The van der Waals surface area contributed by atoms with Crippen LogP contribution in [-0.2, 0) is 9.59 Å². The van der Waals surface area contributed by atoms with E-state index in [1.165, 1.54) is 17.7 Å². The van der Waals surface area contributed by atoms with Gasteiger partial charge in [-0.05, 0) is 80.9 Å². The number of aliphatic carboxylic acids is 1. The van der Waals surface area contributed by atoms with Gasteiger partial charge in [-0.3, -0.25) is 4.79 Å². The second-order valence-electron chi connectivity index (χ2n) is 10.1. The number of amides is 1. The van der Waals surface area contributed by atoms with E-state index in [0.717, 1.165) is 75.4 Å². The Hall–Kier alpha value is -3.08. The number of carboxylic acids is 1. The molecule has 1 amide bonds. The third-order valence-corrected chi connectivity index (χ3v) is 7.55. The molecule has 1 aliphatic carbocycles. The molecule has 4 rings (SSSR count). The van der Waals surface area contributed by atoms with E-state index in [9.17, 15) is 9.59 Å². The van der Waals surface area contributed by atoms with E-state index in [1.807, 2.05) is 24.3 Å². The number of hydrogen-bond donors (Lipinski definition) is 2. The number of benzene rings is 2. The van der Waals surface area contributed by atoms with Crippen LogP contribution in [0, 0.1) is 18.3 Å².